The number of H-pyrrole nitrogens is 1. The van der Waals surface area contributed by atoms with Crippen LogP contribution in [0.25, 0.3) is 0 Å². The lowest BCUT2D eigenvalue weighted by atomic mass is 10.1. The number of nitrogens with zero attached hydrogens (tertiary/aromatic N) is 2. The Bertz CT molecular complexity index is 494. The summed E-state index contributed by atoms with van der Waals surface area (Å²) in [7, 11) is 0. The molecule has 1 aromatic rings. The molecule has 2 aliphatic rings. The van der Waals surface area contributed by atoms with E-state index in [-0.39, 0.29) is 11.9 Å². The fraction of sp³-hybridized carbons (Fsp3) is 0.714. The van der Waals surface area contributed by atoms with E-state index in [0.29, 0.717) is 17.3 Å². The second kappa shape index (κ2) is 5.44. The fourth-order valence-corrected chi connectivity index (χ4v) is 2.93. The summed E-state index contributed by atoms with van der Waals surface area (Å²) in [5, 5.41) is 10.1. The van der Waals surface area contributed by atoms with E-state index in [9.17, 15) is 4.79 Å². The van der Waals surface area contributed by atoms with Crippen molar-refractivity contribution in [3.05, 3.63) is 11.4 Å². The summed E-state index contributed by atoms with van der Waals surface area (Å²) in [6, 6.07) is 0.205. The monoisotopic (exact) mass is 277 g/mol. The average molecular weight is 277 g/mol. The third-order valence-corrected chi connectivity index (χ3v) is 4.32. The predicted molar refractivity (Wildman–Crippen MR) is 77.6 cm³/mol. The first-order valence-electron chi connectivity index (χ1n) is 7.56. The Labute approximate surface area is 119 Å². The minimum Gasteiger partial charge on any atom is -0.395 e. The number of likely N-dealkylation sites (tertiary alicyclic amines) is 1. The number of carbonyl (C=O) groups is 1. The van der Waals surface area contributed by atoms with Gasteiger partial charge in [-0.05, 0) is 38.8 Å². The summed E-state index contributed by atoms with van der Waals surface area (Å²) in [4.78, 5) is 14.7. The smallest absolute Gasteiger partial charge is 0.274 e. The molecule has 3 rings (SSSR count). The standard InChI is InChI=1S/C14H23N5O/c1-2-19-7-3-4-10(8-19)16-14(20)13-11(15)12(17-18-13)9-5-6-9/h9-10H,2-8,15H2,1H3,(H,16,20)(H,17,18). The van der Waals surface area contributed by atoms with Crippen LogP contribution in [0.2, 0.25) is 0 Å². The van der Waals surface area contributed by atoms with Crippen LogP contribution >= 0.6 is 0 Å². The highest BCUT2D eigenvalue weighted by molar-refractivity contribution is 5.97. The second-order valence-electron chi connectivity index (χ2n) is 5.88. The first-order valence-corrected chi connectivity index (χ1v) is 7.56. The molecule has 1 aromatic heterocycles. The molecule has 1 aliphatic carbocycles. The molecule has 4 N–H and O–H groups in total. The molecule has 6 nitrogen and oxygen atoms in total. The molecular weight excluding hydrogens is 254 g/mol. The van der Waals surface area contributed by atoms with Crippen LogP contribution in [-0.4, -0.2) is 46.7 Å². The predicted octanol–water partition coefficient (Wildman–Crippen LogP) is 1.08. The van der Waals surface area contributed by atoms with E-state index < -0.39 is 0 Å². The Balaban J connectivity index is 1.64. The van der Waals surface area contributed by atoms with E-state index in [1.165, 1.54) is 0 Å². The Morgan fingerprint density at radius 1 is 1.50 bits per heavy atom. The molecular formula is C14H23N5O. The maximum absolute atomic E-state index is 12.3. The largest absolute Gasteiger partial charge is 0.395 e. The number of piperidine rings is 1. The molecule has 0 spiro atoms. The lowest BCUT2D eigenvalue weighted by Crippen LogP contribution is -2.47. The lowest BCUT2D eigenvalue weighted by molar-refractivity contribution is 0.0901. The summed E-state index contributed by atoms with van der Waals surface area (Å²) in [5.74, 6) is 0.336. The van der Waals surface area contributed by atoms with Gasteiger partial charge >= 0.3 is 0 Å². The van der Waals surface area contributed by atoms with Crippen LogP contribution in [0.5, 0.6) is 0 Å². The van der Waals surface area contributed by atoms with Crippen molar-refractivity contribution in [2.75, 3.05) is 25.4 Å². The fourth-order valence-electron chi connectivity index (χ4n) is 2.93. The summed E-state index contributed by atoms with van der Waals surface area (Å²) < 4.78 is 0. The van der Waals surface area contributed by atoms with E-state index in [4.69, 9.17) is 5.73 Å². The number of amides is 1. The molecule has 1 amide bonds. The number of nitrogens with one attached hydrogen (secondary N) is 2. The highest BCUT2D eigenvalue weighted by Crippen LogP contribution is 2.42. The summed E-state index contributed by atoms with van der Waals surface area (Å²) in [6.45, 7) is 5.22. The molecule has 1 saturated carbocycles. The van der Waals surface area contributed by atoms with Crippen LogP contribution in [0.3, 0.4) is 0 Å². The SMILES string of the molecule is CCN1CCCC(NC(=O)c2n[nH]c(C3CC3)c2N)C1. The van der Waals surface area contributed by atoms with Crippen molar-refractivity contribution in [1.29, 1.82) is 0 Å². The van der Waals surface area contributed by atoms with Gasteiger partial charge in [-0.15, -0.1) is 0 Å². The third kappa shape index (κ3) is 2.65. The van der Waals surface area contributed by atoms with Crippen molar-refractivity contribution in [3.8, 4) is 0 Å². The maximum atomic E-state index is 12.3. The third-order valence-electron chi connectivity index (χ3n) is 4.32. The van der Waals surface area contributed by atoms with E-state index >= 15 is 0 Å². The minimum absolute atomic E-state index is 0.145. The first-order chi connectivity index (χ1) is 9.69. The van der Waals surface area contributed by atoms with E-state index in [1.807, 2.05) is 0 Å². The van der Waals surface area contributed by atoms with Gasteiger partial charge in [-0.1, -0.05) is 6.92 Å². The zero-order valence-corrected chi connectivity index (χ0v) is 12.0. The van der Waals surface area contributed by atoms with Gasteiger partial charge in [0.25, 0.3) is 5.91 Å². The van der Waals surface area contributed by atoms with Crippen molar-refractivity contribution in [3.63, 3.8) is 0 Å². The highest BCUT2D eigenvalue weighted by atomic mass is 16.2. The molecule has 0 aromatic carbocycles. The van der Waals surface area contributed by atoms with Crippen molar-refractivity contribution in [2.24, 2.45) is 0 Å². The number of nitrogens with two attached hydrogens (primary N) is 1. The number of hydrogen-bond acceptors (Lipinski definition) is 4. The molecule has 1 unspecified atom stereocenters. The number of aromatic nitrogens is 2. The van der Waals surface area contributed by atoms with Crippen molar-refractivity contribution in [2.45, 2.75) is 44.6 Å². The van der Waals surface area contributed by atoms with Gasteiger partial charge in [0.15, 0.2) is 5.69 Å². The number of rotatable bonds is 4. The van der Waals surface area contributed by atoms with Crippen LogP contribution in [0.1, 0.15) is 54.7 Å². The Morgan fingerprint density at radius 3 is 3.00 bits per heavy atom. The zero-order valence-electron chi connectivity index (χ0n) is 12.0. The minimum atomic E-state index is -0.145. The molecule has 0 radical (unpaired) electrons. The van der Waals surface area contributed by atoms with Gasteiger partial charge in [-0.25, -0.2) is 0 Å². The molecule has 1 aliphatic heterocycles. The lowest BCUT2D eigenvalue weighted by Gasteiger charge is -2.32. The van der Waals surface area contributed by atoms with Gasteiger partial charge in [0, 0.05) is 18.5 Å². The Hall–Kier alpha value is -1.56. The van der Waals surface area contributed by atoms with Crippen molar-refractivity contribution < 1.29 is 4.79 Å². The topological polar surface area (TPSA) is 87.0 Å². The molecule has 1 atom stereocenters. The molecule has 20 heavy (non-hydrogen) atoms. The number of carbonyl (C=O) groups excluding carboxylic acids is 1. The normalized spacial score (nSPS) is 23.8. The van der Waals surface area contributed by atoms with Crippen LogP contribution in [0.15, 0.2) is 0 Å². The highest BCUT2D eigenvalue weighted by Gasteiger charge is 2.31. The second-order valence-corrected chi connectivity index (χ2v) is 5.88. The average Bonchev–Trinajstić information content (AvgIpc) is 3.22. The number of nitrogen functional groups attached to an aromatic ring is 1. The van der Waals surface area contributed by atoms with Crippen LogP contribution in [0.4, 0.5) is 5.69 Å². The summed E-state index contributed by atoms with van der Waals surface area (Å²) in [6.07, 6.45) is 4.44. The molecule has 0 bridgehead atoms. The number of anilines is 1. The van der Waals surface area contributed by atoms with Crippen molar-refractivity contribution in [1.82, 2.24) is 20.4 Å². The van der Waals surface area contributed by atoms with Gasteiger partial charge < -0.3 is 16.0 Å². The maximum Gasteiger partial charge on any atom is 0.274 e. The quantitative estimate of drug-likeness (QED) is 0.768. The van der Waals surface area contributed by atoms with Gasteiger partial charge in [0.05, 0.1) is 11.4 Å². The zero-order chi connectivity index (χ0) is 14.1. The molecule has 110 valence electrons. The van der Waals surface area contributed by atoms with Gasteiger partial charge in [0.1, 0.15) is 0 Å². The summed E-state index contributed by atoms with van der Waals surface area (Å²) in [5.41, 5.74) is 7.87. The molecule has 2 fully saturated rings. The Kier molecular flexibility index (Phi) is 3.65. The van der Waals surface area contributed by atoms with Crippen LogP contribution in [-0.2, 0) is 0 Å². The van der Waals surface area contributed by atoms with E-state index in [0.717, 1.165) is 51.0 Å². The van der Waals surface area contributed by atoms with Crippen LogP contribution < -0.4 is 11.1 Å². The molecule has 2 heterocycles. The van der Waals surface area contributed by atoms with Gasteiger partial charge in [0.2, 0.25) is 0 Å². The number of likely N-dealkylation sites (N-methyl/N-ethyl adjacent to an activating group) is 1. The number of aromatic amines is 1. The van der Waals surface area contributed by atoms with Crippen molar-refractivity contribution >= 4 is 11.6 Å². The first kappa shape index (κ1) is 13.4. The molecule has 6 heteroatoms. The van der Waals surface area contributed by atoms with Gasteiger partial charge in [-0.3, -0.25) is 9.89 Å². The van der Waals surface area contributed by atoms with E-state index in [2.05, 4.69) is 27.3 Å². The molecule has 1 saturated heterocycles. The summed E-state index contributed by atoms with van der Waals surface area (Å²) >= 11 is 0. The van der Waals surface area contributed by atoms with E-state index in [1.54, 1.807) is 0 Å². The Morgan fingerprint density at radius 2 is 2.30 bits per heavy atom. The number of hydrogen-bond donors (Lipinski definition) is 3. The van der Waals surface area contributed by atoms with Gasteiger partial charge in [-0.2, -0.15) is 5.10 Å². The van der Waals surface area contributed by atoms with Crippen LogP contribution in [0, 0.1) is 0 Å².